The normalized spacial score (nSPS) is 11.6. The second-order valence-electron chi connectivity index (χ2n) is 5.02. The molecule has 6 nitrogen and oxygen atoms in total. The molecule has 0 bridgehead atoms. The smallest absolute Gasteiger partial charge is 0.317 e. The van der Waals surface area contributed by atoms with Gasteiger partial charge in [-0.3, -0.25) is 10.1 Å². The van der Waals surface area contributed by atoms with Crippen LogP contribution in [0.15, 0.2) is 23.7 Å². The van der Waals surface area contributed by atoms with E-state index in [0.29, 0.717) is 28.8 Å². The van der Waals surface area contributed by atoms with Crippen molar-refractivity contribution in [2.24, 2.45) is 7.05 Å². The number of carbonyl (C=O) groups excluding carboxylic acids is 1. The molecule has 12 heteroatoms. The zero-order valence-electron chi connectivity index (χ0n) is 12.8. The summed E-state index contributed by atoms with van der Waals surface area (Å²) < 4.78 is 40.1. The van der Waals surface area contributed by atoms with Crippen LogP contribution in [0.5, 0.6) is 0 Å². The number of thiazole rings is 1. The number of pyridine rings is 1. The van der Waals surface area contributed by atoms with Gasteiger partial charge in [0.15, 0.2) is 11.0 Å². The van der Waals surface area contributed by atoms with Crippen LogP contribution in [-0.4, -0.2) is 25.4 Å². The molecule has 3 aromatic rings. The van der Waals surface area contributed by atoms with Crippen molar-refractivity contribution in [3.8, 4) is 11.5 Å². The van der Waals surface area contributed by atoms with Gasteiger partial charge in [-0.05, 0) is 12.1 Å². The number of aromatic nitrogens is 4. The van der Waals surface area contributed by atoms with Crippen LogP contribution in [0.25, 0.3) is 11.5 Å². The third-order valence-corrected chi connectivity index (χ3v) is 4.54. The molecular weight excluding hydrogens is 414 g/mol. The number of rotatable bonds is 3. The Morgan fingerprint density at radius 2 is 2.00 bits per heavy atom. The minimum Gasteiger partial charge on any atom is -0.317 e. The zero-order chi connectivity index (χ0) is 19.1. The number of carbonyl (C=O) groups is 1. The summed E-state index contributed by atoms with van der Waals surface area (Å²) in [5.74, 6) is -0.385. The topological polar surface area (TPSA) is 72.7 Å². The average molecular weight is 422 g/mol. The Labute approximate surface area is 158 Å². The van der Waals surface area contributed by atoms with Crippen LogP contribution in [0.1, 0.15) is 16.1 Å². The van der Waals surface area contributed by atoms with E-state index in [-0.39, 0.29) is 5.13 Å². The number of imidazole rings is 1. The Balaban J connectivity index is 1.83. The molecular formula is C14H8Cl2F3N5OS. The lowest BCUT2D eigenvalue weighted by Crippen LogP contribution is -2.16. The summed E-state index contributed by atoms with van der Waals surface area (Å²) in [7, 11) is 1.69. The third-order valence-electron chi connectivity index (χ3n) is 3.24. The first-order valence-electron chi connectivity index (χ1n) is 6.84. The maximum absolute atomic E-state index is 12.8. The first kappa shape index (κ1) is 18.6. The van der Waals surface area contributed by atoms with Gasteiger partial charge >= 0.3 is 6.18 Å². The fourth-order valence-electron chi connectivity index (χ4n) is 2.00. The quantitative estimate of drug-likeness (QED) is 0.631. The highest BCUT2D eigenvalue weighted by Gasteiger charge is 2.32. The van der Waals surface area contributed by atoms with E-state index in [1.807, 2.05) is 0 Å². The van der Waals surface area contributed by atoms with Crippen LogP contribution < -0.4 is 5.32 Å². The molecule has 0 fully saturated rings. The molecule has 3 heterocycles. The molecule has 0 aliphatic heterocycles. The molecule has 1 N–H and O–H groups in total. The average Bonchev–Trinajstić information content (AvgIpc) is 3.13. The van der Waals surface area contributed by atoms with Crippen LogP contribution >= 0.6 is 34.5 Å². The molecule has 0 aromatic carbocycles. The highest BCUT2D eigenvalue weighted by Crippen LogP contribution is 2.31. The van der Waals surface area contributed by atoms with Crippen LogP contribution in [-0.2, 0) is 13.2 Å². The molecule has 1 amide bonds. The first-order valence-corrected chi connectivity index (χ1v) is 8.48. The Morgan fingerprint density at radius 1 is 1.27 bits per heavy atom. The van der Waals surface area contributed by atoms with Gasteiger partial charge in [-0.1, -0.05) is 23.2 Å². The molecule has 0 unspecified atom stereocenters. The Bertz CT molecular complexity index is 985. The summed E-state index contributed by atoms with van der Waals surface area (Å²) in [6, 6.07) is 1.26. The summed E-state index contributed by atoms with van der Waals surface area (Å²) in [6.07, 6.45) is -3.20. The zero-order valence-corrected chi connectivity index (χ0v) is 15.1. The number of halogens is 5. The minimum atomic E-state index is -4.65. The van der Waals surface area contributed by atoms with Gasteiger partial charge in [-0.15, -0.1) is 11.3 Å². The first-order chi connectivity index (χ1) is 12.1. The van der Waals surface area contributed by atoms with E-state index in [2.05, 4.69) is 20.3 Å². The number of alkyl halides is 3. The molecule has 0 atom stereocenters. The molecule has 0 aliphatic rings. The predicted molar refractivity (Wildman–Crippen MR) is 91.5 cm³/mol. The van der Waals surface area contributed by atoms with Gasteiger partial charge in [0.2, 0.25) is 0 Å². The van der Waals surface area contributed by atoms with Gasteiger partial charge in [-0.25, -0.2) is 15.0 Å². The van der Waals surface area contributed by atoms with Crippen LogP contribution in [0.3, 0.4) is 0 Å². The van der Waals surface area contributed by atoms with E-state index >= 15 is 0 Å². The van der Waals surface area contributed by atoms with E-state index in [4.69, 9.17) is 23.2 Å². The number of nitrogens with one attached hydrogen (secondary N) is 1. The molecule has 136 valence electrons. The van der Waals surface area contributed by atoms with Crippen molar-refractivity contribution in [3.05, 3.63) is 45.3 Å². The summed E-state index contributed by atoms with van der Waals surface area (Å²) in [5, 5.41) is 4.15. The molecule has 3 aromatic heterocycles. The monoisotopic (exact) mass is 421 g/mol. The van der Waals surface area contributed by atoms with Gasteiger partial charge < -0.3 is 4.57 Å². The van der Waals surface area contributed by atoms with Crippen molar-refractivity contribution in [1.82, 2.24) is 19.5 Å². The van der Waals surface area contributed by atoms with Gasteiger partial charge in [0.25, 0.3) is 5.91 Å². The van der Waals surface area contributed by atoms with E-state index < -0.39 is 28.5 Å². The predicted octanol–water partition coefficient (Wildman–Crippen LogP) is 4.52. The lowest BCUT2D eigenvalue weighted by atomic mass is 10.2. The molecule has 0 radical (unpaired) electrons. The number of amides is 1. The van der Waals surface area contributed by atoms with Crippen molar-refractivity contribution in [3.63, 3.8) is 0 Å². The fourth-order valence-corrected chi connectivity index (χ4v) is 3.02. The van der Waals surface area contributed by atoms with Gasteiger partial charge in [0, 0.05) is 12.4 Å². The van der Waals surface area contributed by atoms with Crippen molar-refractivity contribution < 1.29 is 18.0 Å². The molecule has 26 heavy (non-hydrogen) atoms. The summed E-state index contributed by atoms with van der Waals surface area (Å²) in [6.45, 7) is 0. The van der Waals surface area contributed by atoms with Gasteiger partial charge in [0.05, 0.1) is 11.8 Å². The lowest BCUT2D eigenvalue weighted by Gasteiger charge is -2.08. The third kappa shape index (κ3) is 3.81. The van der Waals surface area contributed by atoms with Crippen molar-refractivity contribution in [2.75, 3.05) is 5.32 Å². The van der Waals surface area contributed by atoms with E-state index in [9.17, 15) is 18.0 Å². The summed E-state index contributed by atoms with van der Waals surface area (Å²) in [5.41, 5.74) is -1.08. The number of nitrogens with zero attached hydrogens (tertiary/aromatic N) is 4. The Kier molecular flexibility index (Phi) is 4.91. The summed E-state index contributed by atoms with van der Waals surface area (Å²) >= 11 is 12.6. The van der Waals surface area contributed by atoms with Crippen LogP contribution in [0.2, 0.25) is 10.3 Å². The lowest BCUT2D eigenvalue weighted by molar-refractivity contribution is -0.137. The summed E-state index contributed by atoms with van der Waals surface area (Å²) in [4.78, 5) is 24.1. The molecule has 0 aliphatic carbocycles. The minimum absolute atomic E-state index is 0.166. The number of anilines is 1. The maximum atomic E-state index is 12.8. The standard InChI is InChI=1S/C14H8Cl2F3N5OS/c1-24-10(16)4-20-11(24)8-5-26-13(22-8)23-12(25)7-2-6(14(17,18)19)3-9(15)21-7/h2-5H,1H3,(H,22,23,25). The van der Waals surface area contributed by atoms with Crippen molar-refractivity contribution in [2.45, 2.75) is 6.18 Å². The number of hydrogen-bond donors (Lipinski definition) is 1. The van der Waals surface area contributed by atoms with Gasteiger partial charge in [-0.2, -0.15) is 13.2 Å². The van der Waals surface area contributed by atoms with Crippen molar-refractivity contribution >= 4 is 45.6 Å². The molecule has 0 saturated heterocycles. The number of hydrogen-bond acceptors (Lipinski definition) is 5. The molecule has 0 saturated carbocycles. The Morgan fingerprint density at radius 3 is 2.62 bits per heavy atom. The van der Waals surface area contributed by atoms with Crippen molar-refractivity contribution in [1.29, 1.82) is 0 Å². The van der Waals surface area contributed by atoms with Crippen LogP contribution in [0.4, 0.5) is 18.3 Å². The second-order valence-corrected chi connectivity index (χ2v) is 6.65. The van der Waals surface area contributed by atoms with E-state index in [1.54, 1.807) is 17.0 Å². The maximum Gasteiger partial charge on any atom is 0.416 e. The van der Waals surface area contributed by atoms with Crippen LogP contribution in [0, 0.1) is 0 Å². The highest BCUT2D eigenvalue weighted by atomic mass is 35.5. The SMILES string of the molecule is Cn1c(Cl)cnc1-c1csc(NC(=O)c2cc(C(F)(F)F)cc(Cl)n2)n1. The Hall–Kier alpha value is -2.17. The highest BCUT2D eigenvalue weighted by molar-refractivity contribution is 7.14. The fraction of sp³-hybridized carbons (Fsp3) is 0.143. The molecule has 3 rings (SSSR count). The van der Waals surface area contributed by atoms with E-state index in [0.717, 1.165) is 11.3 Å². The molecule has 0 spiro atoms. The second kappa shape index (κ2) is 6.86. The largest absolute Gasteiger partial charge is 0.416 e. The van der Waals surface area contributed by atoms with Gasteiger partial charge in [0.1, 0.15) is 21.7 Å². The van der Waals surface area contributed by atoms with E-state index in [1.165, 1.54) is 6.20 Å².